The molecule has 7 nitrogen and oxygen atoms in total. The maximum atomic E-state index is 12.4. The summed E-state index contributed by atoms with van der Waals surface area (Å²) in [5.74, 6) is 0.136. The van der Waals surface area contributed by atoms with Gasteiger partial charge in [-0.25, -0.2) is 9.78 Å². The predicted octanol–water partition coefficient (Wildman–Crippen LogP) is 1.45. The molecule has 1 unspecified atom stereocenters. The van der Waals surface area contributed by atoms with Crippen molar-refractivity contribution < 1.29 is 14.3 Å². The summed E-state index contributed by atoms with van der Waals surface area (Å²) in [6.45, 7) is 7.05. The normalized spacial score (nSPS) is 16.9. The number of nitrogens with one attached hydrogen (secondary N) is 1. The standard InChI is InChI=1S/C16H26N4O3S/c1-12(15-17-10-13(2)24-15)9-18-16(22)20-6-4-5-19(7-8-23-3)14(21)11-20/h10,12H,4-9,11H2,1-3H3,(H,18,22). The molecule has 0 aliphatic carbocycles. The fourth-order valence-electron chi connectivity index (χ4n) is 2.57. The summed E-state index contributed by atoms with van der Waals surface area (Å²) in [4.78, 5) is 33.5. The van der Waals surface area contributed by atoms with Crippen LogP contribution >= 0.6 is 11.3 Å². The maximum absolute atomic E-state index is 12.4. The summed E-state index contributed by atoms with van der Waals surface area (Å²) < 4.78 is 5.02. The van der Waals surface area contributed by atoms with Gasteiger partial charge in [0, 0.05) is 50.3 Å². The van der Waals surface area contributed by atoms with E-state index in [1.54, 1.807) is 28.2 Å². The van der Waals surface area contributed by atoms with Crippen molar-refractivity contribution in [1.82, 2.24) is 20.1 Å². The number of ether oxygens (including phenoxy) is 1. The van der Waals surface area contributed by atoms with Gasteiger partial charge in [-0.2, -0.15) is 0 Å². The molecular weight excluding hydrogens is 328 g/mol. The highest BCUT2D eigenvalue weighted by molar-refractivity contribution is 7.11. The third-order valence-corrected chi connectivity index (χ3v) is 5.15. The first-order valence-corrected chi connectivity index (χ1v) is 9.04. The monoisotopic (exact) mass is 354 g/mol. The fourth-order valence-corrected chi connectivity index (χ4v) is 3.40. The molecule has 1 aromatic rings. The van der Waals surface area contributed by atoms with E-state index in [1.165, 1.54) is 0 Å². The first-order valence-electron chi connectivity index (χ1n) is 8.23. The lowest BCUT2D eigenvalue weighted by Gasteiger charge is -2.22. The van der Waals surface area contributed by atoms with Crippen LogP contribution in [0.2, 0.25) is 0 Å². The highest BCUT2D eigenvalue weighted by atomic mass is 32.1. The van der Waals surface area contributed by atoms with Gasteiger partial charge in [-0.1, -0.05) is 6.92 Å². The largest absolute Gasteiger partial charge is 0.383 e. The lowest BCUT2D eigenvalue weighted by molar-refractivity contribution is -0.131. The highest BCUT2D eigenvalue weighted by Crippen LogP contribution is 2.20. The molecule has 1 aromatic heterocycles. The van der Waals surface area contributed by atoms with Crippen molar-refractivity contribution in [2.24, 2.45) is 0 Å². The van der Waals surface area contributed by atoms with Crippen LogP contribution in [-0.2, 0) is 9.53 Å². The summed E-state index contributed by atoms with van der Waals surface area (Å²) in [7, 11) is 1.62. The summed E-state index contributed by atoms with van der Waals surface area (Å²) in [6.07, 6.45) is 2.63. The highest BCUT2D eigenvalue weighted by Gasteiger charge is 2.25. The van der Waals surface area contributed by atoms with Gasteiger partial charge in [-0.05, 0) is 13.3 Å². The van der Waals surface area contributed by atoms with Gasteiger partial charge in [0.2, 0.25) is 5.91 Å². The van der Waals surface area contributed by atoms with Crippen LogP contribution in [0.3, 0.4) is 0 Å². The molecule has 0 radical (unpaired) electrons. The molecule has 0 bridgehead atoms. The van der Waals surface area contributed by atoms with Crippen molar-refractivity contribution in [2.45, 2.75) is 26.2 Å². The van der Waals surface area contributed by atoms with Gasteiger partial charge in [0.05, 0.1) is 11.6 Å². The van der Waals surface area contributed by atoms with Crippen molar-refractivity contribution in [1.29, 1.82) is 0 Å². The summed E-state index contributed by atoms with van der Waals surface area (Å²) in [6, 6.07) is -0.183. The van der Waals surface area contributed by atoms with E-state index < -0.39 is 0 Å². The Morgan fingerprint density at radius 3 is 2.96 bits per heavy atom. The number of urea groups is 1. The number of nitrogens with zero attached hydrogens (tertiary/aromatic N) is 3. The summed E-state index contributed by atoms with van der Waals surface area (Å²) >= 11 is 1.65. The molecule has 1 atom stereocenters. The molecule has 24 heavy (non-hydrogen) atoms. The van der Waals surface area contributed by atoms with E-state index in [9.17, 15) is 9.59 Å². The number of hydrogen-bond donors (Lipinski definition) is 1. The van der Waals surface area contributed by atoms with Crippen LogP contribution in [0.4, 0.5) is 4.79 Å². The molecule has 2 rings (SSSR count). The van der Waals surface area contributed by atoms with Crippen LogP contribution in [-0.4, -0.2) is 73.2 Å². The lowest BCUT2D eigenvalue weighted by atomic mass is 10.2. The second-order valence-corrected chi connectivity index (χ2v) is 7.31. The zero-order valence-corrected chi connectivity index (χ0v) is 15.4. The van der Waals surface area contributed by atoms with Gasteiger partial charge >= 0.3 is 6.03 Å². The van der Waals surface area contributed by atoms with Gasteiger partial charge in [-0.3, -0.25) is 4.79 Å². The lowest BCUT2D eigenvalue weighted by Crippen LogP contribution is -2.45. The smallest absolute Gasteiger partial charge is 0.317 e. The summed E-state index contributed by atoms with van der Waals surface area (Å²) in [5.41, 5.74) is 0. The van der Waals surface area contributed by atoms with Crippen LogP contribution in [0.1, 0.15) is 29.1 Å². The predicted molar refractivity (Wildman–Crippen MR) is 93.3 cm³/mol. The van der Waals surface area contributed by atoms with E-state index in [2.05, 4.69) is 10.3 Å². The second kappa shape index (κ2) is 8.98. The second-order valence-electron chi connectivity index (χ2n) is 6.04. The molecule has 1 fully saturated rings. The molecule has 2 heterocycles. The molecule has 1 aliphatic heterocycles. The topological polar surface area (TPSA) is 74.8 Å². The number of aryl methyl sites for hydroxylation is 1. The Morgan fingerprint density at radius 2 is 2.29 bits per heavy atom. The molecule has 3 amide bonds. The van der Waals surface area contributed by atoms with Crippen molar-refractivity contribution in [2.75, 3.05) is 46.4 Å². The van der Waals surface area contributed by atoms with Crippen molar-refractivity contribution in [3.8, 4) is 0 Å². The Balaban J connectivity index is 1.82. The number of amides is 3. The van der Waals surface area contributed by atoms with Crippen LogP contribution in [0.15, 0.2) is 6.20 Å². The maximum Gasteiger partial charge on any atom is 0.317 e. The van der Waals surface area contributed by atoms with Crippen LogP contribution in [0, 0.1) is 6.92 Å². The van der Waals surface area contributed by atoms with Crippen LogP contribution in [0.25, 0.3) is 0 Å². The minimum Gasteiger partial charge on any atom is -0.383 e. The zero-order chi connectivity index (χ0) is 17.5. The van der Waals surface area contributed by atoms with Gasteiger partial charge in [0.25, 0.3) is 0 Å². The number of methoxy groups -OCH3 is 1. The average Bonchev–Trinajstić information content (AvgIpc) is 2.91. The molecule has 134 valence electrons. The molecule has 0 spiro atoms. The van der Waals surface area contributed by atoms with Gasteiger partial charge in [0.1, 0.15) is 6.54 Å². The first kappa shape index (κ1) is 18.7. The van der Waals surface area contributed by atoms with E-state index in [1.807, 2.05) is 20.0 Å². The first-order chi connectivity index (χ1) is 11.5. The Hall–Kier alpha value is -1.67. The average molecular weight is 354 g/mol. The third kappa shape index (κ3) is 5.17. The molecule has 0 saturated carbocycles. The van der Waals surface area contributed by atoms with E-state index in [0.29, 0.717) is 32.8 Å². The molecular formula is C16H26N4O3S. The Morgan fingerprint density at radius 1 is 1.50 bits per heavy atom. The molecule has 1 saturated heterocycles. The van der Waals surface area contributed by atoms with E-state index in [4.69, 9.17) is 4.74 Å². The number of hydrogen-bond acceptors (Lipinski definition) is 5. The SMILES string of the molecule is COCCN1CCCN(C(=O)NCC(C)c2ncc(C)s2)CC1=O. The Bertz CT molecular complexity index is 563. The van der Waals surface area contributed by atoms with Crippen LogP contribution < -0.4 is 5.32 Å². The third-order valence-electron chi connectivity index (χ3n) is 4.01. The summed E-state index contributed by atoms with van der Waals surface area (Å²) in [5, 5.41) is 3.94. The zero-order valence-electron chi connectivity index (χ0n) is 14.6. The quantitative estimate of drug-likeness (QED) is 0.839. The van der Waals surface area contributed by atoms with Crippen LogP contribution in [0.5, 0.6) is 0 Å². The molecule has 0 aromatic carbocycles. The minimum atomic E-state index is -0.183. The van der Waals surface area contributed by atoms with Gasteiger partial charge < -0.3 is 19.9 Å². The number of carbonyl (C=O) groups excluding carboxylic acids is 2. The molecule has 8 heteroatoms. The fraction of sp³-hybridized carbons (Fsp3) is 0.688. The van der Waals surface area contributed by atoms with Crippen molar-refractivity contribution >= 4 is 23.3 Å². The molecule has 1 N–H and O–H groups in total. The Labute approximate surface area is 147 Å². The number of carbonyl (C=O) groups is 2. The van der Waals surface area contributed by atoms with Gasteiger partial charge in [0.15, 0.2) is 0 Å². The Kier molecular flexibility index (Phi) is 6.99. The number of rotatable bonds is 6. The van der Waals surface area contributed by atoms with E-state index in [-0.39, 0.29) is 24.4 Å². The van der Waals surface area contributed by atoms with Crippen molar-refractivity contribution in [3.05, 3.63) is 16.1 Å². The van der Waals surface area contributed by atoms with Crippen molar-refractivity contribution in [3.63, 3.8) is 0 Å². The van der Waals surface area contributed by atoms with E-state index >= 15 is 0 Å². The van der Waals surface area contributed by atoms with Gasteiger partial charge in [-0.15, -0.1) is 11.3 Å². The number of thiazole rings is 1. The van der Waals surface area contributed by atoms with E-state index in [0.717, 1.165) is 16.3 Å². The molecule has 1 aliphatic rings. The minimum absolute atomic E-state index is 0.0247. The number of aromatic nitrogens is 1.